The number of rotatable bonds is 7. The number of sulfonamides is 1. The van der Waals surface area contributed by atoms with Crippen molar-refractivity contribution in [3.63, 3.8) is 0 Å². The fourth-order valence-electron chi connectivity index (χ4n) is 3.43. The summed E-state index contributed by atoms with van der Waals surface area (Å²) in [5, 5.41) is 14.0. The number of hydrogen-bond acceptors (Lipinski definition) is 7. The summed E-state index contributed by atoms with van der Waals surface area (Å²) in [6.45, 7) is 2.45. The average Bonchev–Trinajstić information content (AvgIpc) is 2.77. The Hall–Kier alpha value is -3.02. The summed E-state index contributed by atoms with van der Waals surface area (Å²) in [7, 11) is 1.79. The van der Waals surface area contributed by atoms with E-state index in [1.165, 1.54) is 34.6 Å². The Bertz CT molecular complexity index is 1090. The lowest BCUT2D eigenvalue weighted by Crippen LogP contribution is -2.47. The van der Waals surface area contributed by atoms with Crippen LogP contribution in [0.2, 0.25) is 0 Å². The number of likely N-dealkylation sites (N-methyl/N-ethyl adjacent to an activating group) is 1. The number of amides is 1. The van der Waals surface area contributed by atoms with E-state index in [0.717, 1.165) is 5.56 Å². The van der Waals surface area contributed by atoms with Gasteiger partial charge in [0.2, 0.25) is 10.0 Å². The number of nitro groups is 1. The minimum Gasteiger partial charge on any atom is -0.372 e. The van der Waals surface area contributed by atoms with Crippen LogP contribution in [-0.4, -0.2) is 75.8 Å². The first-order chi connectivity index (χ1) is 15.1. The molecule has 1 N–H and O–H groups in total. The number of nitrogens with one attached hydrogen (secondary N) is 1. The molecule has 3 rings (SSSR count). The smallest absolute Gasteiger partial charge is 0.293 e. The minimum absolute atomic E-state index is 0.152. The van der Waals surface area contributed by atoms with Gasteiger partial charge in [-0.1, -0.05) is 12.1 Å². The fraction of sp³-hybridized carbons (Fsp3) is 0.381. The highest BCUT2D eigenvalue weighted by molar-refractivity contribution is 7.89. The molecule has 2 aromatic rings. The van der Waals surface area contributed by atoms with Crippen molar-refractivity contribution in [3.05, 3.63) is 63.7 Å². The SMILES string of the molecule is CN1CCN(S(=O)(=O)c2ccc(CNC(=O)c3ccc(N(C)C)c([N+](=O)[O-])c3)cc2)CC1. The molecule has 2 aromatic carbocycles. The van der Waals surface area contributed by atoms with Gasteiger partial charge in [-0.3, -0.25) is 14.9 Å². The Balaban J connectivity index is 1.66. The van der Waals surface area contributed by atoms with Crippen LogP contribution < -0.4 is 10.2 Å². The van der Waals surface area contributed by atoms with Crippen LogP contribution in [0.25, 0.3) is 0 Å². The molecule has 0 aliphatic carbocycles. The third-order valence-electron chi connectivity index (χ3n) is 5.39. The van der Waals surface area contributed by atoms with Crippen molar-refractivity contribution in [2.45, 2.75) is 11.4 Å². The largest absolute Gasteiger partial charge is 0.372 e. The van der Waals surface area contributed by atoms with Gasteiger partial charge in [-0.15, -0.1) is 0 Å². The lowest BCUT2D eigenvalue weighted by molar-refractivity contribution is -0.384. The average molecular weight is 462 g/mol. The van der Waals surface area contributed by atoms with Gasteiger partial charge in [-0.2, -0.15) is 4.31 Å². The Morgan fingerprint density at radius 2 is 1.72 bits per heavy atom. The van der Waals surface area contributed by atoms with E-state index in [4.69, 9.17) is 0 Å². The summed E-state index contributed by atoms with van der Waals surface area (Å²) >= 11 is 0. The number of anilines is 1. The van der Waals surface area contributed by atoms with Crippen LogP contribution in [0.3, 0.4) is 0 Å². The van der Waals surface area contributed by atoms with Gasteiger partial charge in [-0.05, 0) is 36.9 Å². The summed E-state index contributed by atoms with van der Waals surface area (Å²) in [5.74, 6) is -0.451. The summed E-state index contributed by atoms with van der Waals surface area (Å²) in [4.78, 5) is 27.2. The van der Waals surface area contributed by atoms with Crippen LogP contribution in [-0.2, 0) is 16.6 Å². The van der Waals surface area contributed by atoms with E-state index in [2.05, 4.69) is 10.2 Å². The zero-order valence-corrected chi connectivity index (χ0v) is 19.1. The van der Waals surface area contributed by atoms with Crippen molar-refractivity contribution in [2.75, 3.05) is 52.2 Å². The number of hydrogen-bond donors (Lipinski definition) is 1. The molecular formula is C21H27N5O5S. The van der Waals surface area contributed by atoms with Crippen LogP contribution in [0, 0.1) is 10.1 Å². The second-order valence-corrected chi connectivity index (χ2v) is 9.83. The van der Waals surface area contributed by atoms with Gasteiger partial charge in [0.25, 0.3) is 11.6 Å². The number of piperazine rings is 1. The first-order valence-corrected chi connectivity index (χ1v) is 11.5. The number of nitro benzene ring substituents is 1. The third kappa shape index (κ3) is 5.23. The molecule has 0 atom stereocenters. The normalized spacial score (nSPS) is 15.3. The number of carbonyl (C=O) groups is 1. The predicted octanol–water partition coefficient (Wildman–Crippen LogP) is 1.53. The van der Waals surface area contributed by atoms with Crippen LogP contribution in [0.4, 0.5) is 11.4 Å². The van der Waals surface area contributed by atoms with E-state index in [0.29, 0.717) is 31.9 Å². The van der Waals surface area contributed by atoms with Crippen molar-refractivity contribution in [1.82, 2.24) is 14.5 Å². The number of nitrogens with zero attached hydrogens (tertiary/aromatic N) is 4. The molecule has 0 bridgehead atoms. The number of carbonyl (C=O) groups excluding carboxylic acids is 1. The third-order valence-corrected chi connectivity index (χ3v) is 7.31. The van der Waals surface area contributed by atoms with E-state index in [1.807, 2.05) is 7.05 Å². The maximum absolute atomic E-state index is 12.8. The Kier molecular flexibility index (Phi) is 7.12. The molecule has 1 aliphatic heterocycles. The predicted molar refractivity (Wildman–Crippen MR) is 121 cm³/mol. The van der Waals surface area contributed by atoms with E-state index in [9.17, 15) is 23.3 Å². The molecule has 11 heteroatoms. The Morgan fingerprint density at radius 1 is 1.09 bits per heavy atom. The molecule has 0 spiro atoms. The van der Waals surface area contributed by atoms with E-state index in [-0.39, 0.29) is 22.7 Å². The highest BCUT2D eigenvalue weighted by Crippen LogP contribution is 2.27. The second-order valence-electron chi connectivity index (χ2n) is 7.89. The summed E-state index contributed by atoms with van der Waals surface area (Å²) in [6, 6.07) is 10.7. The maximum atomic E-state index is 12.8. The highest BCUT2D eigenvalue weighted by Gasteiger charge is 2.27. The monoisotopic (exact) mass is 461 g/mol. The van der Waals surface area contributed by atoms with Gasteiger partial charge in [0.05, 0.1) is 9.82 Å². The van der Waals surface area contributed by atoms with Gasteiger partial charge in [0.15, 0.2) is 0 Å². The first-order valence-electron chi connectivity index (χ1n) is 10.1. The molecule has 0 aromatic heterocycles. The molecule has 1 amide bonds. The van der Waals surface area contributed by atoms with Crippen molar-refractivity contribution < 1.29 is 18.1 Å². The standard InChI is InChI=1S/C21H27N5O5S/c1-23(2)19-9-6-17(14-20(19)26(28)29)21(27)22-15-16-4-7-18(8-5-16)32(30,31)25-12-10-24(3)11-13-25/h4-9,14H,10-13,15H2,1-3H3,(H,22,27). The Labute approximate surface area is 187 Å². The molecule has 172 valence electrons. The molecule has 1 fully saturated rings. The van der Waals surface area contributed by atoms with Gasteiger partial charge >= 0.3 is 0 Å². The molecule has 10 nitrogen and oxygen atoms in total. The second kappa shape index (κ2) is 9.63. The zero-order chi connectivity index (χ0) is 23.5. The molecule has 1 aliphatic rings. The summed E-state index contributed by atoms with van der Waals surface area (Å²) < 4.78 is 27.1. The van der Waals surface area contributed by atoms with E-state index in [1.54, 1.807) is 31.1 Å². The minimum atomic E-state index is -3.55. The Morgan fingerprint density at radius 3 is 2.28 bits per heavy atom. The van der Waals surface area contributed by atoms with Gasteiger partial charge < -0.3 is 15.1 Å². The fourth-order valence-corrected chi connectivity index (χ4v) is 4.85. The lowest BCUT2D eigenvalue weighted by atomic mass is 10.1. The van der Waals surface area contributed by atoms with Crippen molar-refractivity contribution in [1.29, 1.82) is 0 Å². The van der Waals surface area contributed by atoms with E-state index >= 15 is 0 Å². The van der Waals surface area contributed by atoms with Gasteiger partial charge in [0, 0.05) is 58.4 Å². The topological polar surface area (TPSA) is 116 Å². The molecule has 0 radical (unpaired) electrons. The van der Waals surface area contributed by atoms with Crippen molar-refractivity contribution in [3.8, 4) is 0 Å². The van der Waals surface area contributed by atoms with E-state index < -0.39 is 20.9 Å². The molecule has 1 saturated heterocycles. The van der Waals surface area contributed by atoms with Crippen LogP contribution in [0.1, 0.15) is 15.9 Å². The van der Waals surface area contributed by atoms with Crippen LogP contribution >= 0.6 is 0 Å². The summed E-state index contributed by atoms with van der Waals surface area (Å²) in [5.41, 5.74) is 1.15. The summed E-state index contributed by atoms with van der Waals surface area (Å²) in [6.07, 6.45) is 0. The molecule has 0 saturated carbocycles. The zero-order valence-electron chi connectivity index (χ0n) is 18.3. The van der Waals surface area contributed by atoms with Crippen LogP contribution in [0.5, 0.6) is 0 Å². The van der Waals surface area contributed by atoms with Crippen molar-refractivity contribution in [2.24, 2.45) is 0 Å². The molecular weight excluding hydrogens is 434 g/mol. The lowest BCUT2D eigenvalue weighted by Gasteiger charge is -2.31. The quantitative estimate of drug-likeness (QED) is 0.491. The van der Waals surface area contributed by atoms with Gasteiger partial charge in [0.1, 0.15) is 5.69 Å². The molecule has 1 heterocycles. The van der Waals surface area contributed by atoms with Crippen molar-refractivity contribution >= 4 is 27.3 Å². The molecule has 32 heavy (non-hydrogen) atoms. The number of benzene rings is 2. The van der Waals surface area contributed by atoms with Crippen LogP contribution in [0.15, 0.2) is 47.4 Å². The first kappa shape index (κ1) is 23.6. The highest BCUT2D eigenvalue weighted by atomic mass is 32.2. The maximum Gasteiger partial charge on any atom is 0.293 e. The van der Waals surface area contributed by atoms with Gasteiger partial charge in [-0.25, -0.2) is 8.42 Å². The molecule has 0 unspecified atom stereocenters.